The van der Waals surface area contributed by atoms with Gasteiger partial charge in [-0.15, -0.1) is 0 Å². The number of nitrogens with zero attached hydrogens (tertiary/aromatic N) is 2. The molecule has 0 fully saturated rings. The van der Waals surface area contributed by atoms with Gasteiger partial charge in [0.2, 0.25) is 0 Å². The van der Waals surface area contributed by atoms with Crippen molar-refractivity contribution in [3.63, 3.8) is 0 Å². The Hall–Kier alpha value is -1.11. The fourth-order valence-electron chi connectivity index (χ4n) is 1.82. The lowest BCUT2D eigenvalue weighted by molar-refractivity contribution is 0.181. The smallest absolute Gasteiger partial charge is 0.158 e. The fraction of sp³-hybridized carbons (Fsp3) is 0.308. The number of aromatic amines is 1. The Labute approximate surface area is 125 Å². The molecule has 2 rings (SSSR count). The van der Waals surface area contributed by atoms with Gasteiger partial charge in [-0.3, -0.25) is 4.98 Å². The standard InChI is InChI=1S/C13H14BrN3OS/c1-7-4-8(2)11(15-5-7)12-16-9(6-18-3)10(14)13(19)17-12/h4-5H,6H2,1-3H3,(H,16,17,19). The molecule has 0 aliphatic heterocycles. The maximum absolute atomic E-state index is 5.25. The Morgan fingerprint density at radius 1 is 1.42 bits per heavy atom. The molecule has 0 unspecified atom stereocenters. The van der Waals surface area contributed by atoms with Crippen LogP contribution in [0.3, 0.4) is 0 Å². The Morgan fingerprint density at radius 3 is 2.79 bits per heavy atom. The highest BCUT2D eigenvalue weighted by Crippen LogP contribution is 2.23. The van der Waals surface area contributed by atoms with Crippen LogP contribution in [0.25, 0.3) is 11.5 Å². The van der Waals surface area contributed by atoms with E-state index in [1.807, 2.05) is 20.0 Å². The van der Waals surface area contributed by atoms with Gasteiger partial charge in [-0.2, -0.15) is 0 Å². The predicted octanol–water partition coefficient (Wildman–Crippen LogP) is 3.73. The summed E-state index contributed by atoms with van der Waals surface area (Å²) in [5.74, 6) is 0.665. The number of methoxy groups -OCH3 is 1. The van der Waals surface area contributed by atoms with Crippen molar-refractivity contribution in [2.45, 2.75) is 20.5 Å². The lowest BCUT2D eigenvalue weighted by atomic mass is 10.1. The van der Waals surface area contributed by atoms with E-state index in [0.29, 0.717) is 17.1 Å². The van der Waals surface area contributed by atoms with E-state index < -0.39 is 0 Å². The van der Waals surface area contributed by atoms with Crippen molar-refractivity contribution in [3.05, 3.63) is 38.2 Å². The van der Waals surface area contributed by atoms with Gasteiger partial charge in [0.15, 0.2) is 5.82 Å². The van der Waals surface area contributed by atoms with Gasteiger partial charge in [0.1, 0.15) is 10.3 Å². The van der Waals surface area contributed by atoms with E-state index in [1.54, 1.807) is 7.11 Å². The molecule has 19 heavy (non-hydrogen) atoms. The third kappa shape index (κ3) is 3.08. The maximum atomic E-state index is 5.25. The minimum absolute atomic E-state index is 0.435. The average molecular weight is 340 g/mol. The largest absolute Gasteiger partial charge is 0.378 e. The van der Waals surface area contributed by atoms with E-state index in [2.05, 4.69) is 36.9 Å². The molecule has 2 aromatic heterocycles. The number of H-pyrrole nitrogens is 1. The van der Waals surface area contributed by atoms with Crippen molar-refractivity contribution in [1.82, 2.24) is 15.0 Å². The molecule has 0 amide bonds. The molecule has 0 saturated heterocycles. The van der Waals surface area contributed by atoms with Crippen LogP contribution in [-0.2, 0) is 11.3 Å². The van der Waals surface area contributed by atoms with Gasteiger partial charge in [0.25, 0.3) is 0 Å². The normalized spacial score (nSPS) is 10.7. The predicted molar refractivity (Wildman–Crippen MR) is 80.5 cm³/mol. The van der Waals surface area contributed by atoms with Crippen LogP contribution >= 0.6 is 28.1 Å². The van der Waals surface area contributed by atoms with Crippen LogP contribution in [0.15, 0.2) is 16.7 Å². The molecule has 2 aromatic rings. The summed E-state index contributed by atoms with van der Waals surface area (Å²) in [5.41, 5.74) is 3.85. The van der Waals surface area contributed by atoms with Crippen LogP contribution in [0.5, 0.6) is 0 Å². The van der Waals surface area contributed by atoms with Crippen molar-refractivity contribution in [2.24, 2.45) is 0 Å². The molecule has 4 nitrogen and oxygen atoms in total. The van der Waals surface area contributed by atoms with E-state index in [4.69, 9.17) is 17.0 Å². The summed E-state index contributed by atoms with van der Waals surface area (Å²) in [6.07, 6.45) is 1.82. The van der Waals surface area contributed by atoms with E-state index in [9.17, 15) is 0 Å². The van der Waals surface area contributed by atoms with Crippen molar-refractivity contribution in [1.29, 1.82) is 0 Å². The molecule has 0 saturated carbocycles. The zero-order valence-corrected chi connectivity index (χ0v) is 13.4. The Morgan fingerprint density at radius 2 is 2.16 bits per heavy atom. The SMILES string of the molecule is COCc1[nH]c(-c2ncc(C)cc2C)nc(=S)c1Br. The number of aromatic nitrogens is 3. The first-order chi connectivity index (χ1) is 9.02. The molecular formula is C13H14BrN3OS. The fourth-order valence-corrected chi connectivity index (χ4v) is 2.34. The van der Waals surface area contributed by atoms with Gasteiger partial charge in [-0.05, 0) is 40.9 Å². The monoisotopic (exact) mass is 339 g/mol. The molecule has 0 aliphatic rings. The number of rotatable bonds is 3. The molecule has 0 radical (unpaired) electrons. The zero-order valence-electron chi connectivity index (χ0n) is 11.0. The lowest BCUT2D eigenvalue weighted by Crippen LogP contribution is -2.02. The number of ether oxygens (including phenoxy) is 1. The summed E-state index contributed by atoms with van der Waals surface area (Å²) < 4.78 is 6.41. The number of hydrogen-bond acceptors (Lipinski definition) is 4. The molecule has 1 N–H and O–H groups in total. The second-order valence-electron chi connectivity index (χ2n) is 4.29. The van der Waals surface area contributed by atoms with Crippen LogP contribution in [0.2, 0.25) is 0 Å². The second-order valence-corrected chi connectivity index (χ2v) is 5.47. The van der Waals surface area contributed by atoms with Crippen LogP contribution in [0, 0.1) is 18.5 Å². The van der Waals surface area contributed by atoms with Gasteiger partial charge in [0, 0.05) is 13.3 Å². The number of hydrogen-bond donors (Lipinski definition) is 1. The van der Waals surface area contributed by atoms with Crippen molar-refractivity contribution >= 4 is 28.1 Å². The summed E-state index contributed by atoms with van der Waals surface area (Å²) in [5, 5.41) is 0. The van der Waals surface area contributed by atoms with Crippen molar-refractivity contribution in [2.75, 3.05) is 7.11 Å². The Bertz CT molecular complexity index is 669. The number of halogens is 1. The van der Waals surface area contributed by atoms with E-state index in [-0.39, 0.29) is 0 Å². The Balaban J connectivity index is 2.59. The van der Waals surface area contributed by atoms with E-state index in [0.717, 1.165) is 27.0 Å². The summed E-state index contributed by atoms with van der Waals surface area (Å²) in [7, 11) is 1.64. The Kier molecular flexibility index (Phi) is 4.44. The van der Waals surface area contributed by atoms with Gasteiger partial charge in [-0.1, -0.05) is 18.3 Å². The highest BCUT2D eigenvalue weighted by Gasteiger charge is 2.11. The van der Waals surface area contributed by atoms with Crippen LogP contribution in [0.4, 0.5) is 0 Å². The average Bonchev–Trinajstić information content (AvgIpc) is 2.35. The topological polar surface area (TPSA) is 50.8 Å². The van der Waals surface area contributed by atoms with Gasteiger partial charge < -0.3 is 9.72 Å². The van der Waals surface area contributed by atoms with Gasteiger partial charge in [0.05, 0.1) is 16.8 Å². The van der Waals surface area contributed by atoms with Gasteiger partial charge in [-0.25, -0.2) is 4.98 Å². The highest BCUT2D eigenvalue weighted by molar-refractivity contribution is 9.10. The number of aryl methyl sites for hydroxylation is 2. The third-order valence-corrected chi connectivity index (χ3v) is 4.08. The molecular weight excluding hydrogens is 326 g/mol. The minimum atomic E-state index is 0.435. The van der Waals surface area contributed by atoms with Crippen LogP contribution in [0.1, 0.15) is 16.8 Å². The second kappa shape index (κ2) is 5.90. The summed E-state index contributed by atoms with van der Waals surface area (Å²) in [6, 6.07) is 2.07. The molecule has 100 valence electrons. The molecule has 0 bridgehead atoms. The number of nitrogens with one attached hydrogen (secondary N) is 1. The first-order valence-corrected chi connectivity index (χ1v) is 6.94. The molecule has 0 spiro atoms. The quantitative estimate of drug-likeness (QED) is 0.865. The van der Waals surface area contributed by atoms with E-state index in [1.165, 1.54) is 0 Å². The molecule has 2 heterocycles. The third-order valence-electron chi connectivity index (χ3n) is 2.66. The first-order valence-electron chi connectivity index (χ1n) is 5.74. The first kappa shape index (κ1) is 14.3. The molecule has 6 heteroatoms. The van der Waals surface area contributed by atoms with E-state index >= 15 is 0 Å². The maximum Gasteiger partial charge on any atom is 0.158 e. The molecule has 0 aromatic carbocycles. The molecule has 0 aliphatic carbocycles. The summed E-state index contributed by atoms with van der Waals surface area (Å²) in [6.45, 7) is 4.45. The molecule has 0 atom stereocenters. The minimum Gasteiger partial charge on any atom is -0.378 e. The van der Waals surface area contributed by atoms with Gasteiger partial charge >= 0.3 is 0 Å². The summed E-state index contributed by atoms with van der Waals surface area (Å²) >= 11 is 8.67. The van der Waals surface area contributed by atoms with Crippen LogP contribution < -0.4 is 0 Å². The van der Waals surface area contributed by atoms with Crippen molar-refractivity contribution < 1.29 is 4.74 Å². The highest BCUT2D eigenvalue weighted by atomic mass is 79.9. The number of pyridine rings is 1. The van der Waals surface area contributed by atoms with Crippen molar-refractivity contribution in [3.8, 4) is 11.5 Å². The lowest BCUT2D eigenvalue weighted by Gasteiger charge is -2.09. The van der Waals surface area contributed by atoms with Crippen LogP contribution in [-0.4, -0.2) is 22.1 Å². The zero-order chi connectivity index (χ0) is 14.0. The summed E-state index contributed by atoms with van der Waals surface area (Å²) in [4.78, 5) is 12.0.